The number of nitrogens with one attached hydrogen (secondary N) is 1. The Kier molecular flexibility index (Phi) is 4.05. The van der Waals surface area contributed by atoms with Crippen LogP contribution in [0.1, 0.15) is 45.4 Å². The van der Waals surface area contributed by atoms with Crippen LogP contribution in [0.4, 0.5) is 0 Å². The smallest absolute Gasteiger partial charge is 0.323 e. The lowest BCUT2D eigenvalue weighted by Gasteiger charge is -2.39. The number of aliphatic carboxylic acids is 1. The molecule has 0 spiro atoms. The van der Waals surface area contributed by atoms with Crippen molar-refractivity contribution in [3.8, 4) is 0 Å². The molecule has 2 unspecified atom stereocenters. The van der Waals surface area contributed by atoms with Crippen molar-refractivity contribution in [1.82, 2.24) is 10.2 Å². The molecule has 0 aromatic rings. The van der Waals surface area contributed by atoms with Gasteiger partial charge in [0, 0.05) is 6.04 Å². The molecule has 4 nitrogen and oxygen atoms in total. The quantitative estimate of drug-likeness (QED) is 0.781. The number of carboxylic acids is 1. The SMILES string of the molecule is CCN1CCCCC1CC1(C(=O)O)CCCN1. The second-order valence-electron chi connectivity index (χ2n) is 5.40. The minimum absolute atomic E-state index is 0.454. The van der Waals surface area contributed by atoms with Crippen LogP contribution < -0.4 is 5.32 Å². The van der Waals surface area contributed by atoms with Crippen molar-refractivity contribution in [3.63, 3.8) is 0 Å². The highest BCUT2D eigenvalue weighted by atomic mass is 16.4. The summed E-state index contributed by atoms with van der Waals surface area (Å²) in [6.45, 7) is 5.20. The number of hydrogen-bond donors (Lipinski definition) is 2. The van der Waals surface area contributed by atoms with Crippen molar-refractivity contribution in [2.75, 3.05) is 19.6 Å². The summed E-state index contributed by atoms with van der Waals surface area (Å²) >= 11 is 0. The highest BCUT2D eigenvalue weighted by molar-refractivity contribution is 5.79. The predicted octanol–water partition coefficient (Wildman–Crippen LogP) is 1.46. The van der Waals surface area contributed by atoms with Gasteiger partial charge in [0.2, 0.25) is 0 Å². The van der Waals surface area contributed by atoms with E-state index < -0.39 is 11.5 Å². The maximum absolute atomic E-state index is 11.5. The zero-order chi connectivity index (χ0) is 12.3. The average Bonchev–Trinajstić information content (AvgIpc) is 2.80. The molecule has 2 rings (SSSR count). The van der Waals surface area contributed by atoms with Crippen molar-refractivity contribution < 1.29 is 9.90 Å². The van der Waals surface area contributed by atoms with Crippen LogP contribution >= 0.6 is 0 Å². The monoisotopic (exact) mass is 240 g/mol. The van der Waals surface area contributed by atoms with Gasteiger partial charge in [0.25, 0.3) is 0 Å². The van der Waals surface area contributed by atoms with E-state index in [1.54, 1.807) is 0 Å². The summed E-state index contributed by atoms with van der Waals surface area (Å²) in [5.41, 5.74) is -0.643. The normalized spacial score (nSPS) is 35.0. The summed E-state index contributed by atoms with van der Waals surface area (Å²) in [5, 5.41) is 12.7. The van der Waals surface area contributed by atoms with E-state index >= 15 is 0 Å². The van der Waals surface area contributed by atoms with Crippen LogP contribution in [0.3, 0.4) is 0 Å². The molecule has 2 saturated heterocycles. The number of rotatable bonds is 4. The third-order valence-corrected chi connectivity index (χ3v) is 4.39. The minimum atomic E-state index is -0.656. The van der Waals surface area contributed by atoms with Gasteiger partial charge in [-0.1, -0.05) is 13.3 Å². The molecule has 2 aliphatic rings. The molecule has 0 amide bonds. The molecule has 0 aromatic carbocycles. The molecule has 0 bridgehead atoms. The van der Waals surface area contributed by atoms with Crippen LogP contribution in [0.2, 0.25) is 0 Å². The van der Waals surface area contributed by atoms with E-state index in [0.29, 0.717) is 6.04 Å². The van der Waals surface area contributed by atoms with Crippen LogP contribution in [0, 0.1) is 0 Å². The summed E-state index contributed by atoms with van der Waals surface area (Å²) < 4.78 is 0. The lowest BCUT2D eigenvalue weighted by molar-refractivity contribution is -0.145. The highest BCUT2D eigenvalue weighted by Crippen LogP contribution is 2.30. The maximum Gasteiger partial charge on any atom is 0.323 e. The fraction of sp³-hybridized carbons (Fsp3) is 0.923. The van der Waals surface area contributed by atoms with Crippen LogP contribution in [-0.2, 0) is 4.79 Å². The Morgan fingerprint density at radius 3 is 2.88 bits per heavy atom. The molecular formula is C13H24N2O2. The third kappa shape index (κ3) is 2.63. The zero-order valence-electron chi connectivity index (χ0n) is 10.7. The molecule has 0 saturated carbocycles. The van der Waals surface area contributed by atoms with E-state index in [2.05, 4.69) is 17.1 Å². The van der Waals surface area contributed by atoms with E-state index in [4.69, 9.17) is 0 Å². The summed E-state index contributed by atoms with van der Waals surface area (Å²) in [7, 11) is 0. The van der Waals surface area contributed by atoms with E-state index in [0.717, 1.165) is 45.3 Å². The van der Waals surface area contributed by atoms with Crippen molar-refractivity contribution in [2.45, 2.75) is 57.0 Å². The van der Waals surface area contributed by atoms with Gasteiger partial charge in [-0.3, -0.25) is 4.79 Å². The number of hydrogen-bond acceptors (Lipinski definition) is 3. The summed E-state index contributed by atoms with van der Waals surface area (Å²) in [6.07, 6.45) is 6.22. The second-order valence-corrected chi connectivity index (χ2v) is 5.40. The van der Waals surface area contributed by atoms with Gasteiger partial charge < -0.3 is 15.3 Å². The molecule has 98 valence electrons. The van der Waals surface area contributed by atoms with Crippen LogP contribution in [0.15, 0.2) is 0 Å². The minimum Gasteiger partial charge on any atom is -0.480 e. The largest absolute Gasteiger partial charge is 0.480 e. The third-order valence-electron chi connectivity index (χ3n) is 4.39. The molecule has 0 radical (unpaired) electrons. The Bertz CT molecular complexity index is 275. The molecule has 2 fully saturated rings. The van der Waals surface area contributed by atoms with E-state index in [1.165, 1.54) is 12.8 Å². The lowest BCUT2D eigenvalue weighted by atomic mass is 9.85. The zero-order valence-corrected chi connectivity index (χ0v) is 10.7. The molecule has 4 heteroatoms. The Labute approximate surface area is 103 Å². The number of carbonyl (C=O) groups is 1. The molecule has 17 heavy (non-hydrogen) atoms. The number of likely N-dealkylation sites (tertiary alicyclic amines) is 1. The van der Waals surface area contributed by atoms with Crippen molar-refractivity contribution in [1.29, 1.82) is 0 Å². The van der Waals surface area contributed by atoms with Gasteiger partial charge in [-0.2, -0.15) is 0 Å². The Hall–Kier alpha value is -0.610. The van der Waals surface area contributed by atoms with Crippen molar-refractivity contribution in [2.24, 2.45) is 0 Å². The first-order valence-corrected chi connectivity index (χ1v) is 6.90. The first-order valence-electron chi connectivity index (χ1n) is 6.90. The van der Waals surface area contributed by atoms with Gasteiger partial charge in [-0.25, -0.2) is 0 Å². The van der Waals surface area contributed by atoms with Crippen LogP contribution in [-0.4, -0.2) is 47.2 Å². The first kappa shape index (κ1) is 12.8. The van der Waals surface area contributed by atoms with E-state index in [-0.39, 0.29) is 0 Å². The van der Waals surface area contributed by atoms with Gasteiger partial charge in [-0.05, 0) is 51.7 Å². The van der Waals surface area contributed by atoms with Gasteiger partial charge in [0.15, 0.2) is 0 Å². The number of nitrogens with zero attached hydrogens (tertiary/aromatic N) is 1. The lowest BCUT2D eigenvalue weighted by Crippen LogP contribution is -2.53. The summed E-state index contributed by atoms with van der Waals surface area (Å²) in [5.74, 6) is -0.656. The Morgan fingerprint density at radius 2 is 2.29 bits per heavy atom. The fourth-order valence-corrected chi connectivity index (χ4v) is 3.36. The standard InChI is InChI=1S/C13H24N2O2/c1-2-15-9-4-3-6-11(15)10-13(12(16)17)7-5-8-14-13/h11,14H,2-10H2,1H3,(H,16,17). The summed E-state index contributed by atoms with van der Waals surface area (Å²) in [4.78, 5) is 14.0. The first-order chi connectivity index (χ1) is 8.18. The van der Waals surface area contributed by atoms with E-state index in [9.17, 15) is 9.90 Å². The molecule has 2 atom stereocenters. The van der Waals surface area contributed by atoms with Crippen molar-refractivity contribution in [3.05, 3.63) is 0 Å². The summed E-state index contributed by atoms with van der Waals surface area (Å²) in [6, 6.07) is 0.454. The molecule has 0 aromatic heterocycles. The van der Waals surface area contributed by atoms with Gasteiger partial charge >= 0.3 is 5.97 Å². The van der Waals surface area contributed by atoms with Crippen LogP contribution in [0.5, 0.6) is 0 Å². The van der Waals surface area contributed by atoms with Gasteiger partial charge in [0.05, 0.1) is 0 Å². The van der Waals surface area contributed by atoms with Crippen molar-refractivity contribution >= 4 is 5.97 Å². The van der Waals surface area contributed by atoms with Crippen LogP contribution in [0.25, 0.3) is 0 Å². The molecule has 2 N–H and O–H groups in total. The average molecular weight is 240 g/mol. The highest BCUT2D eigenvalue weighted by Gasteiger charge is 2.43. The number of piperidine rings is 1. The number of carboxylic acid groups (broad SMARTS) is 1. The van der Waals surface area contributed by atoms with Gasteiger partial charge in [0.1, 0.15) is 5.54 Å². The molecule has 2 aliphatic heterocycles. The topological polar surface area (TPSA) is 52.6 Å². The second kappa shape index (κ2) is 5.36. The Balaban J connectivity index is 2.04. The molecule has 0 aliphatic carbocycles. The Morgan fingerprint density at radius 1 is 1.47 bits per heavy atom. The maximum atomic E-state index is 11.5. The fourth-order valence-electron chi connectivity index (χ4n) is 3.36. The predicted molar refractivity (Wildman–Crippen MR) is 67.1 cm³/mol. The molecule has 2 heterocycles. The van der Waals surface area contributed by atoms with E-state index in [1.807, 2.05) is 0 Å². The van der Waals surface area contributed by atoms with Gasteiger partial charge in [-0.15, -0.1) is 0 Å². The molecular weight excluding hydrogens is 216 g/mol.